The first-order valence-corrected chi connectivity index (χ1v) is 2.90. The molecule has 0 fully saturated rings. The van der Waals surface area contributed by atoms with Crippen LogP contribution in [0.1, 0.15) is 0 Å². The van der Waals surface area contributed by atoms with Crippen LogP contribution in [0.15, 0.2) is 11.8 Å². The van der Waals surface area contributed by atoms with E-state index in [1.54, 1.807) is 0 Å². The van der Waals surface area contributed by atoms with Crippen molar-refractivity contribution in [3.05, 3.63) is 11.8 Å². The van der Waals surface area contributed by atoms with Gasteiger partial charge in [0.05, 0.1) is 11.8 Å². The second-order valence-electron chi connectivity index (χ2n) is 2.10. The minimum Gasteiger partial charge on any atom is -0.499 e. The number of hydrogen-bond donors (Lipinski definition) is 2. The summed E-state index contributed by atoms with van der Waals surface area (Å²) in [5, 5.41) is 16.9. The molecule has 0 spiro atoms. The topological polar surface area (TPSA) is 83.8 Å². The van der Waals surface area contributed by atoms with Crippen LogP contribution in [0.4, 0.5) is 0 Å². The average Bonchev–Trinajstić information content (AvgIpc) is 2.32. The molecular formula is C6H6O5. The van der Waals surface area contributed by atoms with Gasteiger partial charge in [-0.3, -0.25) is 4.79 Å². The van der Waals surface area contributed by atoms with E-state index in [4.69, 9.17) is 10.2 Å². The Morgan fingerprint density at radius 2 is 2.18 bits per heavy atom. The van der Waals surface area contributed by atoms with E-state index >= 15 is 0 Å². The Balaban J connectivity index is 2.79. The van der Waals surface area contributed by atoms with Gasteiger partial charge in [-0.15, -0.1) is 0 Å². The van der Waals surface area contributed by atoms with Gasteiger partial charge in [0.1, 0.15) is 12.5 Å². The normalized spacial score (nSPS) is 22.2. The second kappa shape index (κ2) is 2.61. The van der Waals surface area contributed by atoms with Gasteiger partial charge in [0, 0.05) is 0 Å². The second-order valence-corrected chi connectivity index (χ2v) is 2.10. The van der Waals surface area contributed by atoms with Crippen LogP contribution in [0.5, 0.6) is 0 Å². The Morgan fingerprint density at radius 1 is 1.55 bits per heavy atom. The van der Waals surface area contributed by atoms with E-state index in [0.29, 0.717) is 0 Å². The van der Waals surface area contributed by atoms with Crippen molar-refractivity contribution in [2.45, 2.75) is 0 Å². The fourth-order valence-corrected chi connectivity index (χ4v) is 0.810. The summed E-state index contributed by atoms with van der Waals surface area (Å²) in [5.41, 5.74) is -0.197. The van der Waals surface area contributed by atoms with Gasteiger partial charge in [-0.1, -0.05) is 0 Å². The number of rotatable bonds is 2. The molecule has 0 aromatic heterocycles. The number of carbonyl (C=O) groups is 2. The lowest BCUT2D eigenvalue weighted by atomic mass is 10.0. The van der Waals surface area contributed by atoms with Crippen molar-refractivity contribution in [1.29, 1.82) is 0 Å². The van der Waals surface area contributed by atoms with Crippen molar-refractivity contribution in [2.24, 2.45) is 5.92 Å². The van der Waals surface area contributed by atoms with Crippen LogP contribution in [-0.4, -0.2) is 28.8 Å². The Bertz CT molecular complexity index is 229. The molecule has 5 nitrogen and oxygen atoms in total. The molecule has 11 heavy (non-hydrogen) atoms. The summed E-state index contributed by atoms with van der Waals surface area (Å²) in [6.45, 7) is -0.0863. The van der Waals surface area contributed by atoms with E-state index in [0.717, 1.165) is 6.26 Å². The highest BCUT2D eigenvalue weighted by Gasteiger charge is 2.32. The fourth-order valence-electron chi connectivity index (χ4n) is 0.810. The smallest absolute Gasteiger partial charge is 0.335 e. The van der Waals surface area contributed by atoms with Gasteiger partial charge in [-0.2, -0.15) is 0 Å². The number of aliphatic carboxylic acids is 2. The zero-order chi connectivity index (χ0) is 8.43. The summed E-state index contributed by atoms with van der Waals surface area (Å²) in [6.07, 6.45) is 0.973. The number of carboxylic acid groups (broad SMARTS) is 2. The largest absolute Gasteiger partial charge is 0.499 e. The maximum absolute atomic E-state index is 10.3. The van der Waals surface area contributed by atoms with Crippen LogP contribution in [-0.2, 0) is 14.3 Å². The molecule has 1 aliphatic heterocycles. The monoisotopic (exact) mass is 158 g/mol. The van der Waals surface area contributed by atoms with E-state index < -0.39 is 17.9 Å². The summed E-state index contributed by atoms with van der Waals surface area (Å²) >= 11 is 0. The summed E-state index contributed by atoms with van der Waals surface area (Å²) in [5.74, 6) is -3.43. The molecule has 0 bridgehead atoms. The van der Waals surface area contributed by atoms with Crippen LogP contribution < -0.4 is 0 Å². The standard InChI is InChI=1S/C6H6O5/c7-5(8)3-1-11-2-4(3)6(9)10/h1,4H,2H2,(H,7,8)(H,9,10). The van der Waals surface area contributed by atoms with E-state index in [-0.39, 0.29) is 12.2 Å². The minimum atomic E-state index is -1.24. The van der Waals surface area contributed by atoms with E-state index in [1.165, 1.54) is 0 Å². The third-order valence-corrected chi connectivity index (χ3v) is 1.39. The van der Waals surface area contributed by atoms with Crippen molar-refractivity contribution in [3.8, 4) is 0 Å². The molecule has 0 saturated carbocycles. The van der Waals surface area contributed by atoms with Crippen LogP contribution in [0, 0.1) is 5.92 Å². The Hall–Kier alpha value is -1.52. The maximum atomic E-state index is 10.3. The molecule has 0 radical (unpaired) electrons. The van der Waals surface area contributed by atoms with Gasteiger partial charge in [-0.25, -0.2) is 4.79 Å². The highest BCUT2D eigenvalue weighted by atomic mass is 16.5. The fraction of sp³-hybridized carbons (Fsp3) is 0.333. The summed E-state index contributed by atoms with van der Waals surface area (Å²) in [4.78, 5) is 20.6. The predicted octanol–water partition coefficient (Wildman–Crippen LogP) is -0.314. The summed E-state index contributed by atoms with van der Waals surface area (Å²) < 4.78 is 4.57. The van der Waals surface area contributed by atoms with Crippen molar-refractivity contribution in [3.63, 3.8) is 0 Å². The molecular weight excluding hydrogens is 152 g/mol. The zero-order valence-electron chi connectivity index (χ0n) is 5.48. The van der Waals surface area contributed by atoms with Crippen LogP contribution in [0.2, 0.25) is 0 Å². The molecule has 1 aliphatic rings. The Kier molecular flexibility index (Phi) is 1.80. The lowest BCUT2D eigenvalue weighted by molar-refractivity contribution is -0.143. The molecule has 0 aromatic rings. The van der Waals surface area contributed by atoms with Gasteiger partial charge in [0.25, 0.3) is 0 Å². The Labute approximate surface area is 61.9 Å². The van der Waals surface area contributed by atoms with Gasteiger partial charge >= 0.3 is 11.9 Å². The van der Waals surface area contributed by atoms with Crippen LogP contribution in [0.25, 0.3) is 0 Å². The molecule has 5 heteroatoms. The quantitative estimate of drug-likeness (QED) is 0.575. The highest BCUT2D eigenvalue weighted by Crippen LogP contribution is 2.18. The lowest BCUT2D eigenvalue weighted by Gasteiger charge is -2.01. The van der Waals surface area contributed by atoms with Gasteiger partial charge < -0.3 is 14.9 Å². The highest BCUT2D eigenvalue weighted by molar-refractivity contribution is 5.94. The molecule has 1 unspecified atom stereocenters. The van der Waals surface area contributed by atoms with Crippen molar-refractivity contribution >= 4 is 11.9 Å². The predicted molar refractivity (Wildman–Crippen MR) is 32.8 cm³/mol. The van der Waals surface area contributed by atoms with Crippen molar-refractivity contribution in [1.82, 2.24) is 0 Å². The molecule has 0 aliphatic carbocycles. The third-order valence-electron chi connectivity index (χ3n) is 1.39. The molecule has 0 saturated heterocycles. The molecule has 1 rings (SSSR count). The molecule has 0 amide bonds. The van der Waals surface area contributed by atoms with Gasteiger partial charge in [0.15, 0.2) is 0 Å². The maximum Gasteiger partial charge on any atom is 0.335 e. The number of carboxylic acids is 2. The third kappa shape index (κ3) is 1.31. The van der Waals surface area contributed by atoms with Gasteiger partial charge in [-0.05, 0) is 0 Å². The van der Waals surface area contributed by atoms with Crippen LogP contribution >= 0.6 is 0 Å². The molecule has 1 heterocycles. The van der Waals surface area contributed by atoms with Crippen molar-refractivity contribution < 1.29 is 24.5 Å². The molecule has 1 atom stereocenters. The van der Waals surface area contributed by atoms with E-state index in [1.807, 2.05) is 0 Å². The number of hydrogen-bond acceptors (Lipinski definition) is 3. The van der Waals surface area contributed by atoms with E-state index in [2.05, 4.69) is 4.74 Å². The summed E-state index contributed by atoms with van der Waals surface area (Å²) in [7, 11) is 0. The SMILES string of the molecule is O=C(O)C1=COCC1C(=O)O. The first kappa shape index (κ1) is 7.59. The van der Waals surface area contributed by atoms with Crippen molar-refractivity contribution in [2.75, 3.05) is 6.61 Å². The van der Waals surface area contributed by atoms with Crippen LogP contribution in [0.3, 0.4) is 0 Å². The zero-order valence-corrected chi connectivity index (χ0v) is 5.48. The minimum absolute atomic E-state index is 0.0863. The lowest BCUT2D eigenvalue weighted by Crippen LogP contribution is -2.20. The first-order chi connectivity index (χ1) is 5.13. The summed E-state index contributed by atoms with van der Waals surface area (Å²) in [6, 6.07) is 0. The average molecular weight is 158 g/mol. The molecule has 0 aromatic carbocycles. The van der Waals surface area contributed by atoms with Gasteiger partial charge in [0.2, 0.25) is 0 Å². The first-order valence-electron chi connectivity index (χ1n) is 2.90. The number of ether oxygens (including phenoxy) is 1. The van der Waals surface area contributed by atoms with E-state index in [9.17, 15) is 9.59 Å². The molecule has 2 N–H and O–H groups in total. The Morgan fingerprint density at radius 3 is 2.55 bits per heavy atom. The molecule has 60 valence electrons.